The standard InChI is InChI=1S/C50H29N5/c1-51-32-26-28-38-36-16-5-10-22-44(36)55(49(38)30-32)46-24-12-7-18-39(46)50-41(52-2)19-13-25-48(50)54-45-23-11-6-17-37(45)40-31-33(27-29-47(40)54)53-42-20-8-3-14-34(42)35-15-4-9-21-43(35)53/h3-31H. The van der Waals surface area contributed by atoms with Gasteiger partial charge >= 0.3 is 0 Å². The fraction of sp³-hybridized carbons (Fsp3) is 0. The number of benzene rings is 8. The number of hydrogen-bond donors (Lipinski definition) is 0. The van der Waals surface area contributed by atoms with E-state index in [1.165, 1.54) is 21.8 Å². The SMILES string of the molecule is [C-]#[N+]c1ccc2c3ccccc3n(-c3ccccc3-c3c([N+]#[C-])cccc3-n3c4ccccc4c4cc(-n5c6ccccc6c6ccccc65)ccc43)c2c1. The first-order valence-electron chi connectivity index (χ1n) is 18.3. The molecule has 55 heavy (non-hydrogen) atoms. The minimum atomic E-state index is 0.570. The molecule has 0 bridgehead atoms. The molecule has 0 radical (unpaired) electrons. The van der Waals surface area contributed by atoms with Crippen LogP contribution < -0.4 is 0 Å². The first-order valence-corrected chi connectivity index (χ1v) is 18.3. The van der Waals surface area contributed by atoms with Crippen molar-refractivity contribution in [1.82, 2.24) is 13.7 Å². The molecule has 0 spiro atoms. The Morgan fingerprint density at radius 1 is 0.345 bits per heavy atom. The van der Waals surface area contributed by atoms with Crippen LogP contribution in [-0.2, 0) is 0 Å². The van der Waals surface area contributed by atoms with Crippen LogP contribution in [0.3, 0.4) is 0 Å². The van der Waals surface area contributed by atoms with E-state index in [2.05, 4.69) is 163 Å². The number of hydrogen-bond acceptors (Lipinski definition) is 0. The van der Waals surface area contributed by atoms with Crippen molar-refractivity contribution in [3.05, 3.63) is 199 Å². The van der Waals surface area contributed by atoms with E-state index < -0.39 is 0 Å². The van der Waals surface area contributed by atoms with E-state index in [4.69, 9.17) is 13.1 Å². The lowest BCUT2D eigenvalue weighted by molar-refractivity contribution is 1.16. The highest BCUT2D eigenvalue weighted by Gasteiger charge is 2.23. The third kappa shape index (κ3) is 4.39. The van der Waals surface area contributed by atoms with E-state index in [9.17, 15) is 0 Å². The second kappa shape index (κ2) is 11.8. The van der Waals surface area contributed by atoms with Gasteiger partial charge in [-0.05, 0) is 66.2 Å². The van der Waals surface area contributed by atoms with E-state index >= 15 is 0 Å². The zero-order valence-corrected chi connectivity index (χ0v) is 29.5. The smallest absolute Gasteiger partial charge is 0.197 e. The van der Waals surface area contributed by atoms with Gasteiger partial charge in [-0.25, -0.2) is 9.69 Å². The minimum Gasteiger partial charge on any atom is -0.310 e. The van der Waals surface area contributed by atoms with Gasteiger partial charge < -0.3 is 13.7 Å². The van der Waals surface area contributed by atoms with Crippen LogP contribution in [0.1, 0.15) is 0 Å². The fourth-order valence-electron chi connectivity index (χ4n) is 8.81. The monoisotopic (exact) mass is 699 g/mol. The van der Waals surface area contributed by atoms with Crippen LogP contribution >= 0.6 is 0 Å². The van der Waals surface area contributed by atoms with Gasteiger partial charge in [0.1, 0.15) is 0 Å². The Labute approximate surface area is 316 Å². The molecule has 0 aliphatic rings. The molecule has 0 aliphatic carbocycles. The van der Waals surface area contributed by atoms with Crippen molar-refractivity contribution in [1.29, 1.82) is 0 Å². The third-order valence-electron chi connectivity index (χ3n) is 11.1. The summed E-state index contributed by atoms with van der Waals surface area (Å²) >= 11 is 0. The predicted molar refractivity (Wildman–Crippen MR) is 227 cm³/mol. The molecule has 5 nitrogen and oxygen atoms in total. The summed E-state index contributed by atoms with van der Waals surface area (Å²) in [7, 11) is 0. The van der Waals surface area contributed by atoms with Gasteiger partial charge in [-0.3, -0.25) is 0 Å². The molecular formula is C50H29N5. The van der Waals surface area contributed by atoms with Gasteiger partial charge in [0.15, 0.2) is 11.4 Å². The van der Waals surface area contributed by atoms with Crippen molar-refractivity contribution in [3.63, 3.8) is 0 Å². The quantitative estimate of drug-likeness (QED) is 0.163. The van der Waals surface area contributed by atoms with E-state index in [-0.39, 0.29) is 0 Å². The molecule has 0 N–H and O–H groups in total. The van der Waals surface area contributed by atoms with Gasteiger partial charge in [0.2, 0.25) is 0 Å². The Hall–Kier alpha value is -7.86. The zero-order chi connectivity index (χ0) is 36.6. The highest BCUT2D eigenvalue weighted by molar-refractivity contribution is 6.14. The van der Waals surface area contributed by atoms with Gasteiger partial charge in [0.25, 0.3) is 0 Å². The molecule has 3 aromatic heterocycles. The van der Waals surface area contributed by atoms with Crippen molar-refractivity contribution in [2.75, 3.05) is 0 Å². The molecule has 0 fully saturated rings. The Morgan fingerprint density at radius 2 is 0.855 bits per heavy atom. The molecule has 0 amide bonds. The summed E-state index contributed by atoms with van der Waals surface area (Å²) in [5.41, 5.74) is 12.4. The van der Waals surface area contributed by atoms with Crippen molar-refractivity contribution >= 4 is 76.8 Å². The highest BCUT2D eigenvalue weighted by Crippen LogP contribution is 2.45. The van der Waals surface area contributed by atoms with E-state index in [0.717, 1.165) is 71.8 Å². The molecule has 0 saturated carbocycles. The Balaban J connectivity index is 1.20. The summed E-state index contributed by atoms with van der Waals surface area (Å²) in [5.74, 6) is 0. The number of nitrogens with zero attached hydrogens (tertiary/aromatic N) is 5. The van der Waals surface area contributed by atoms with E-state index in [1.54, 1.807) is 0 Å². The number of rotatable bonds is 4. The molecule has 11 aromatic rings. The minimum absolute atomic E-state index is 0.570. The number of aromatic nitrogens is 3. The Morgan fingerprint density at radius 3 is 1.49 bits per heavy atom. The molecule has 254 valence electrons. The van der Waals surface area contributed by atoms with Crippen LogP contribution in [-0.4, -0.2) is 13.7 Å². The average Bonchev–Trinajstić information content (AvgIpc) is 3.88. The molecule has 0 saturated heterocycles. The van der Waals surface area contributed by atoms with Crippen LogP contribution in [0, 0.1) is 13.1 Å². The van der Waals surface area contributed by atoms with E-state index in [0.29, 0.717) is 11.4 Å². The van der Waals surface area contributed by atoms with Gasteiger partial charge in [-0.2, -0.15) is 0 Å². The normalized spacial score (nSPS) is 11.6. The maximum Gasteiger partial charge on any atom is 0.197 e. The molecule has 3 heterocycles. The fourth-order valence-corrected chi connectivity index (χ4v) is 8.81. The third-order valence-corrected chi connectivity index (χ3v) is 11.1. The number of fused-ring (bicyclic) bond motifs is 9. The maximum absolute atomic E-state index is 8.46. The first-order chi connectivity index (χ1) is 27.2. The Kier molecular flexibility index (Phi) is 6.61. The van der Waals surface area contributed by atoms with Gasteiger partial charge in [0.05, 0.1) is 46.4 Å². The van der Waals surface area contributed by atoms with Crippen molar-refractivity contribution in [2.24, 2.45) is 0 Å². The lowest BCUT2D eigenvalue weighted by Crippen LogP contribution is -2.01. The van der Waals surface area contributed by atoms with Crippen molar-refractivity contribution < 1.29 is 0 Å². The van der Waals surface area contributed by atoms with Gasteiger partial charge in [0, 0.05) is 54.8 Å². The van der Waals surface area contributed by atoms with Crippen LogP contribution in [0.5, 0.6) is 0 Å². The summed E-state index contributed by atoms with van der Waals surface area (Å²) in [5, 5.41) is 6.93. The van der Waals surface area contributed by atoms with Crippen LogP contribution in [0.15, 0.2) is 176 Å². The highest BCUT2D eigenvalue weighted by atomic mass is 15.0. The van der Waals surface area contributed by atoms with Crippen LogP contribution in [0.25, 0.3) is 103 Å². The van der Waals surface area contributed by atoms with Gasteiger partial charge in [-0.15, -0.1) is 0 Å². The van der Waals surface area contributed by atoms with Crippen molar-refractivity contribution in [2.45, 2.75) is 0 Å². The topological polar surface area (TPSA) is 23.5 Å². The lowest BCUT2D eigenvalue weighted by Gasteiger charge is -2.20. The van der Waals surface area contributed by atoms with E-state index in [1.807, 2.05) is 36.4 Å². The summed E-state index contributed by atoms with van der Waals surface area (Å²) in [6.07, 6.45) is 0. The summed E-state index contributed by atoms with van der Waals surface area (Å²) < 4.78 is 6.94. The first kappa shape index (κ1) is 30.7. The molecule has 0 aliphatic heterocycles. The second-order valence-electron chi connectivity index (χ2n) is 13.9. The molecule has 0 atom stereocenters. The second-order valence-corrected chi connectivity index (χ2v) is 13.9. The molecule has 5 heteroatoms. The predicted octanol–water partition coefficient (Wildman–Crippen LogP) is 13.7. The average molecular weight is 700 g/mol. The van der Waals surface area contributed by atoms with Crippen molar-refractivity contribution in [3.8, 4) is 28.2 Å². The number of para-hydroxylation sites is 5. The zero-order valence-electron chi connectivity index (χ0n) is 29.5. The summed E-state index contributed by atoms with van der Waals surface area (Å²) in [4.78, 5) is 7.93. The van der Waals surface area contributed by atoms with Crippen LogP contribution in [0.2, 0.25) is 0 Å². The maximum atomic E-state index is 8.46. The Bertz CT molecular complexity index is 3420. The largest absolute Gasteiger partial charge is 0.310 e. The molecule has 0 unspecified atom stereocenters. The lowest BCUT2D eigenvalue weighted by atomic mass is 9.98. The summed E-state index contributed by atoms with van der Waals surface area (Å²) in [6.45, 7) is 16.3. The molecule has 11 rings (SSSR count). The molecular weight excluding hydrogens is 671 g/mol. The summed E-state index contributed by atoms with van der Waals surface area (Å²) in [6, 6.07) is 61.2. The van der Waals surface area contributed by atoms with Gasteiger partial charge in [-0.1, -0.05) is 115 Å². The van der Waals surface area contributed by atoms with Crippen LogP contribution in [0.4, 0.5) is 11.4 Å². The molecule has 8 aromatic carbocycles.